The summed E-state index contributed by atoms with van der Waals surface area (Å²) in [6, 6.07) is 86.6. The zero-order valence-corrected chi connectivity index (χ0v) is 63.6. The van der Waals surface area contributed by atoms with E-state index in [4.69, 9.17) is 38.5 Å². The van der Waals surface area contributed by atoms with E-state index >= 15 is 0 Å². The predicted molar refractivity (Wildman–Crippen MR) is 428 cm³/mol. The van der Waals surface area contributed by atoms with E-state index in [2.05, 4.69) is 122 Å². The van der Waals surface area contributed by atoms with Crippen LogP contribution in [0.5, 0.6) is 57.5 Å². The molecule has 5 aliphatic carbocycles. The van der Waals surface area contributed by atoms with Crippen molar-refractivity contribution in [2.45, 2.75) is 101 Å². The Balaban J connectivity index is 0.000000233. The van der Waals surface area contributed by atoms with Gasteiger partial charge in [-0.25, -0.2) is 16.8 Å². The fourth-order valence-electron chi connectivity index (χ4n) is 17.3. The van der Waals surface area contributed by atoms with Crippen LogP contribution in [0.4, 0.5) is 0 Å². The topological polar surface area (TPSA) is 176 Å². The number of allylic oxidation sites excluding steroid dienone is 2. The van der Waals surface area contributed by atoms with E-state index in [9.17, 15) is 26.4 Å². The molecule has 17 rings (SSSR count). The fourth-order valence-corrected chi connectivity index (χ4v) is 19.9. The second-order valence-corrected chi connectivity index (χ2v) is 32.9. The van der Waals surface area contributed by atoms with E-state index in [0.717, 1.165) is 28.9 Å². The molecule has 16 heteroatoms. The summed E-state index contributed by atoms with van der Waals surface area (Å²) in [6.45, 7) is 10.7. The first kappa shape index (κ1) is 74.2. The molecule has 12 aromatic rings. The van der Waals surface area contributed by atoms with E-state index < -0.39 is 25.1 Å². The molecule has 0 saturated heterocycles. The lowest BCUT2D eigenvalue weighted by Gasteiger charge is -2.62. The Morgan fingerprint density at radius 1 is 0.378 bits per heavy atom. The van der Waals surface area contributed by atoms with Gasteiger partial charge in [-0.1, -0.05) is 109 Å². The van der Waals surface area contributed by atoms with Crippen LogP contribution in [0.1, 0.15) is 118 Å². The number of sulfone groups is 2. The lowest BCUT2D eigenvalue weighted by atomic mass is 9.42. The van der Waals surface area contributed by atoms with Gasteiger partial charge in [-0.05, 0) is 320 Å². The second kappa shape index (κ2) is 31.0. The van der Waals surface area contributed by atoms with Crippen LogP contribution in [-0.4, -0.2) is 42.6 Å². The minimum atomic E-state index is -3.85. The van der Waals surface area contributed by atoms with E-state index in [1.165, 1.54) is 104 Å². The molecule has 12 aromatic carbocycles. The molecule has 4 fully saturated rings. The molecule has 558 valence electrons. The van der Waals surface area contributed by atoms with Crippen LogP contribution < -0.4 is 38.5 Å². The first-order chi connectivity index (χ1) is 53.8. The highest BCUT2D eigenvalue weighted by Gasteiger charge is 2.59. The molecule has 5 aliphatic rings. The Bertz CT molecular complexity index is 5520. The number of rotatable bonds is 26. The number of hydrogen-bond donors (Lipinski definition) is 0. The van der Waals surface area contributed by atoms with E-state index in [1.807, 2.05) is 36.4 Å². The number of Topliss-reactive ketones (excluding diaryl/α,β-unsaturated/α-hetero) is 2. The number of ketones is 2. The molecule has 2 unspecified atom stereocenters. The lowest BCUT2D eigenvalue weighted by Crippen LogP contribution is -2.55. The normalized spacial score (nSPS) is 17.5. The molecule has 4 bridgehead atoms. The van der Waals surface area contributed by atoms with Gasteiger partial charge in [0.1, 0.15) is 34.5 Å². The van der Waals surface area contributed by atoms with Crippen molar-refractivity contribution in [2.75, 3.05) is 14.2 Å². The van der Waals surface area contributed by atoms with Crippen LogP contribution in [0.2, 0.25) is 0 Å². The first-order valence-corrected chi connectivity index (χ1v) is 39.9. The lowest BCUT2D eigenvalue weighted by molar-refractivity contribution is -0.101. The number of hydrogen-bond acceptors (Lipinski definition) is 14. The van der Waals surface area contributed by atoms with Crippen molar-refractivity contribution in [3.05, 3.63) is 360 Å². The third-order valence-electron chi connectivity index (χ3n) is 22.1. The number of carbonyl (C=O) groups excluding carboxylic acids is 2. The molecule has 0 spiro atoms. The maximum absolute atomic E-state index is 13.8. The SMILES string of the molecule is C=CCc1cc(S(=O)(=O)c2ccc(OOc3ccc(C45CC6CC(CC(c7ccc(OOc8ccc(C9(c%10ccc(OC)cc%10)c%10ccccc%10-c%10ccccc%109)cc8)cc7)(C6)C4)C5)cc3)c(CC=C)c2)ccc1OC.CC(=O)c1ccc(Oc2ccc(S(=O)(=O)c3ccc(Oc4ccc(C(C)=O)cc4)cc3)cc2)cc1. The molecule has 0 heterocycles. The number of carbonyl (C=O) groups is 2. The van der Waals surface area contributed by atoms with Crippen molar-refractivity contribution < 1.29 is 64.9 Å². The van der Waals surface area contributed by atoms with Crippen molar-refractivity contribution in [1.29, 1.82) is 0 Å². The minimum absolute atomic E-state index is 0.0333. The van der Waals surface area contributed by atoms with Gasteiger partial charge in [0, 0.05) is 16.7 Å². The minimum Gasteiger partial charge on any atom is -0.497 e. The van der Waals surface area contributed by atoms with Gasteiger partial charge in [0.05, 0.1) is 39.2 Å². The van der Waals surface area contributed by atoms with Gasteiger partial charge in [-0.3, -0.25) is 29.1 Å². The zero-order chi connectivity index (χ0) is 77.1. The van der Waals surface area contributed by atoms with Gasteiger partial charge < -0.3 is 18.9 Å². The van der Waals surface area contributed by atoms with Crippen molar-refractivity contribution in [1.82, 2.24) is 0 Å². The molecule has 0 aliphatic heterocycles. The number of benzene rings is 12. The van der Waals surface area contributed by atoms with Crippen molar-refractivity contribution in [2.24, 2.45) is 11.8 Å². The number of fused-ring (bicyclic) bond motifs is 3. The molecule has 111 heavy (non-hydrogen) atoms. The van der Waals surface area contributed by atoms with E-state index in [-0.39, 0.29) is 42.0 Å². The number of ether oxygens (including phenoxy) is 4. The Kier molecular flexibility index (Phi) is 20.7. The average Bonchev–Trinajstić information content (AvgIpc) is 1.69. The Labute approximate surface area is 647 Å². The van der Waals surface area contributed by atoms with E-state index in [1.54, 1.807) is 136 Å². The molecule has 14 nitrogen and oxygen atoms in total. The maximum atomic E-state index is 13.8. The van der Waals surface area contributed by atoms with Crippen LogP contribution in [0.15, 0.2) is 324 Å². The van der Waals surface area contributed by atoms with Crippen LogP contribution in [0.25, 0.3) is 11.1 Å². The smallest absolute Gasteiger partial charge is 0.206 e. The highest BCUT2D eigenvalue weighted by Crippen LogP contribution is 2.66. The van der Waals surface area contributed by atoms with Crippen molar-refractivity contribution in [3.63, 3.8) is 0 Å². The summed E-state index contributed by atoms with van der Waals surface area (Å²) in [7, 11) is -4.32. The summed E-state index contributed by atoms with van der Waals surface area (Å²) in [5, 5.41) is 0. The van der Waals surface area contributed by atoms with Gasteiger partial charge in [-0.2, -0.15) is 0 Å². The Hall–Kier alpha value is -12.2. The fraction of sp³-hybridized carbons (Fsp3) is 0.179. The largest absolute Gasteiger partial charge is 0.497 e. The maximum Gasteiger partial charge on any atom is 0.206 e. The molecular weight excluding hydrogens is 1430 g/mol. The van der Waals surface area contributed by atoms with Crippen molar-refractivity contribution >= 4 is 31.2 Å². The molecule has 4 saturated carbocycles. The van der Waals surface area contributed by atoms with Crippen LogP contribution in [-0.2, 0) is 48.8 Å². The highest BCUT2D eigenvalue weighted by molar-refractivity contribution is 7.91. The predicted octanol–water partition coefficient (Wildman–Crippen LogP) is 21.4. The van der Waals surface area contributed by atoms with Crippen LogP contribution in [0, 0.1) is 11.8 Å². The van der Waals surface area contributed by atoms with E-state index in [0.29, 0.717) is 93.1 Å². The monoisotopic (exact) mass is 1510 g/mol. The molecule has 0 amide bonds. The summed E-state index contributed by atoms with van der Waals surface area (Å²) >= 11 is 0. The third-order valence-corrected chi connectivity index (χ3v) is 25.6. The quantitative estimate of drug-likeness (QED) is 0.0216. The average molecular weight is 1510 g/mol. The molecule has 0 aromatic heterocycles. The second-order valence-electron chi connectivity index (χ2n) is 29.0. The standard InChI is InChI=1S/C67H60O8S.C28H22O6S/c1-5-11-47-38-57(33-35-63(47)71-4)76(68,69)58-34-36-64(48(39-58)12-6-2)75-74-56-29-19-50(20-30-56)66-42-45-37-46(43-66)41-65(40-45,44-66)49-17-27-54(28-18-49)72-73-55-31-23-52(24-32-55)67(51-21-25-53(70-3)26-22-51)61-15-9-7-13-59(61)60-14-8-10-16-62(60)67;1-19(29)21-3-7-23(8-4-21)33-25-11-15-27(16-12-25)35(31,32)28-17-13-26(14-18-28)34-24-9-5-22(6-10-24)20(2)30/h5-10,13-36,38-39,45-46H,1-2,11-12,37,40-44H2,3-4H3;3-18H,1-2H3. The molecular formula is C95H82O14S2. The summed E-state index contributed by atoms with van der Waals surface area (Å²) < 4.78 is 76.2. The summed E-state index contributed by atoms with van der Waals surface area (Å²) in [5.41, 5.74) is 12.1. The Morgan fingerprint density at radius 2 is 0.712 bits per heavy atom. The van der Waals surface area contributed by atoms with Gasteiger partial charge in [0.15, 0.2) is 34.6 Å². The van der Waals surface area contributed by atoms with Gasteiger partial charge in [0.25, 0.3) is 0 Å². The molecule has 2 atom stereocenters. The van der Waals surface area contributed by atoms with Crippen LogP contribution in [0.3, 0.4) is 0 Å². The van der Waals surface area contributed by atoms with Gasteiger partial charge in [0.2, 0.25) is 19.7 Å². The summed E-state index contributed by atoms with van der Waals surface area (Å²) in [6.07, 6.45) is 11.4. The first-order valence-electron chi connectivity index (χ1n) is 36.9. The molecule has 0 radical (unpaired) electrons. The Morgan fingerprint density at radius 3 is 1.10 bits per heavy atom. The van der Waals surface area contributed by atoms with Crippen LogP contribution >= 0.6 is 0 Å². The highest BCUT2D eigenvalue weighted by atomic mass is 32.2. The number of methoxy groups -OCH3 is 2. The molecule has 0 N–H and O–H groups in total. The summed E-state index contributed by atoms with van der Waals surface area (Å²) in [5.74, 6) is 6.96. The van der Waals surface area contributed by atoms with Gasteiger partial charge in [-0.15, -0.1) is 13.2 Å². The summed E-state index contributed by atoms with van der Waals surface area (Å²) in [4.78, 5) is 47.3. The third kappa shape index (κ3) is 14.8. The van der Waals surface area contributed by atoms with Gasteiger partial charge >= 0.3 is 0 Å². The zero-order valence-electron chi connectivity index (χ0n) is 62.0. The van der Waals surface area contributed by atoms with Crippen molar-refractivity contribution in [3.8, 4) is 68.6 Å².